The molecule has 0 radical (unpaired) electrons. The Morgan fingerprint density at radius 1 is 1.18 bits per heavy atom. The Morgan fingerprint density at radius 3 is 2.57 bits per heavy atom. The first-order valence-corrected chi connectivity index (χ1v) is 8.99. The quantitative estimate of drug-likeness (QED) is 0.584. The second-order valence-corrected chi connectivity index (χ2v) is 6.46. The number of imidazole rings is 1. The van der Waals surface area contributed by atoms with Crippen molar-refractivity contribution in [3.63, 3.8) is 0 Å². The molecular formula is C18H15F2N3O4S. The molecule has 3 aromatic rings. The summed E-state index contributed by atoms with van der Waals surface area (Å²) < 4.78 is 33.6. The van der Waals surface area contributed by atoms with Gasteiger partial charge in [-0.1, -0.05) is 11.8 Å². The second kappa shape index (κ2) is 8.70. The van der Waals surface area contributed by atoms with E-state index in [1.165, 1.54) is 24.3 Å². The number of hydrogen-bond acceptors (Lipinski definition) is 6. The SMILES string of the molecule is COc1ccc2nc(SCC(=O)NC(=O)c3ccc(OC(F)F)cc3)[nH]c2c1. The predicted molar refractivity (Wildman–Crippen MR) is 98.9 cm³/mol. The highest BCUT2D eigenvalue weighted by atomic mass is 32.2. The van der Waals surface area contributed by atoms with Crippen LogP contribution < -0.4 is 14.8 Å². The predicted octanol–water partition coefficient (Wildman–Crippen LogP) is 3.22. The summed E-state index contributed by atoms with van der Waals surface area (Å²) in [7, 11) is 1.56. The third kappa shape index (κ3) is 4.97. The minimum atomic E-state index is -2.95. The Balaban J connectivity index is 1.54. The number of fused-ring (bicyclic) bond motifs is 1. The molecule has 0 saturated carbocycles. The van der Waals surface area contributed by atoms with Crippen LogP contribution in [-0.2, 0) is 4.79 Å². The van der Waals surface area contributed by atoms with Crippen molar-refractivity contribution in [1.29, 1.82) is 0 Å². The van der Waals surface area contributed by atoms with E-state index >= 15 is 0 Å². The van der Waals surface area contributed by atoms with E-state index in [0.29, 0.717) is 10.9 Å². The smallest absolute Gasteiger partial charge is 0.387 e. The standard InChI is InChI=1S/C18H15F2N3O4S/c1-26-12-6-7-13-14(8-12)22-18(21-13)28-9-15(24)23-16(25)10-2-4-11(5-3-10)27-17(19)20/h2-8,17H,9H2,1H3,(H,21,22)(H,23,24,25). The molecule has 1 heterocycles. The first kappa shape index (κ1) is 19.6. The molecule has 0 aliphatic rings. The van der Waals surface area contributed by atoms with Gasteiger partial charge in [-0.25, -0.2) is 4.98 Å². The van der Waals surface area contributed by atoms with Gasteiger partial charge in [0.05, 0.1) is 23.9 Å². The van der Waals surface area contributed by atoms with Crippen LogP contribution in [0.25, 0.3) is 11.0 Å². The van der Waals surface area contributed by atoms with Crippen LogP contribution in [0.2, 0.25) is 0 Å². The zero-order valence-electron chi connectivity index (χ0n) is 14.6. The lowest BCUT2D eigenvalue weighted by Crippen LogP contribution is -2.31. The largest absolute Gasteiger partial charge is 0.497 e. The number of carbonyl (C=O) groups excluding carboxylic acids is 2. The number of methoxy groups -OCH3 is 1. The van der Waals surface area contributed by atoms with Gasteiger partial charge in [0, 0.05) is 11.6 Å². The van der Waals surface area contributed by atoms with Gasteiger partial charge in [0.15, 0.2) is 5.16 Å². The van der Waals surface area contributed by atoms with Crippen molar-refractivity contribution >= 4 is 34.6 Å². The minimum Gasteiger partial charge on any atom is -0.497 e. The van der Waals surface area contributed by atoms with E-state index in [9.17, 15) is 18.4 Å². The maximum atomic E-state index is 12.1. The number of aromatic amines is 1. The van der Waals surface area contributed by atoms with E-state index in [1.807, 2.05) is 0 Å². The molecule has 0 aliphatic carbocycles. The zero-order valence-corrected chi connectivity index (χ0v) is 15.4. The fraction of sp³-hybridized carbons (Fsp3) is 0.167. The second-order valence-electron chi connectivity index (χ2n) is 5.49. The third-order valence-corrected chi connectivity index (χ3v) is 4.48. The zero-order chi connectivity index (χ0) is 20.1. The molecule has 0 saturated heterocycles. The van der Waals surface area contributed by atoms with Gasteiger partial charge in [-0.05, 0) is 36.4 Å². The number of ether oxygens (including phenoxy) is 2. The molecule has 7 nitrogen and oxygen atoms in total. The van der Waals surface area contributed by atoms with Gasteiger partial charge in [-0.2, -0.15) is 8.78 Å². The van der Waals surface area contributed by atoms with E-state index in [0.717, 1.165) is 22.8 Å². The van der Waals surface area contributed by atoms with Gasteiger partial charge in [-0.3, -0.25) is 14.9 Å². The number of carbonyl (C=O) groups is 2. The number of halogens is 2. The number of rotatable bonds is 7. The van der Waals surface area contributed by atoms with E-state index in [4.69, 9.17) is 4.74 Å². The lowest BCUT2D eigenvalue weighted by atomic mass is 10.2. The van der Waals surface area contributed by atoms with Crippen molar-refractivity contribution in [3.05, 3.63) is 48.0 Å². The van der Waals surface area contributed by atoms with E-state index < -0.39 is 18.4 Å². The summed E-state index contributed by atoms with van der Waals surface area (Å²) in [6.45, 7) is -2.95. The number of aromatic nitrogens is 2. The number of H-pyrrole nitrogens is 1. The Morgan fingerprint density at radius 2 is 1.89 bits per heavy atom. The molecule has 0 aliphatic heterocycles. The van der Waals surface area contributed by atoms with Crippen molar-refractivity contribution in [2.45, 2.75) is 11.8 Å². The third-order valence-electron chi connectivity index (χ3n) is 3.60. The number of benzene rings is 2. The van der Waals surface area contributed by atoms with Crippen molar-refractivity contribution in [3.8, 4) is 11.5 Å². The molecule has 10 heteroatoms. The summed E-state index contributed by atoms with van der Waals surface area (Å²) in [6, 6.07) is 10.4. The van der Waals surface area contributed by atoms with Crippen LogP contribution >= 0.6 is 11.8 Å². The van der Waals surface area contributed by atoms with Gasteiger partial charge >= 0.3 is 6.61 Å². The highest BCUT2D eigenvalue weighted by molar-refractivity contribution is 7.99. The Hall–Kier alpha value is -3.14. The van der Waals surface area contributed by atoms with Crippen molar-refractivity contribution in [2.24, 2.45) is 0 Å². The number of nitrogens with zero attached hydrogens (tertiary/aromatic N) is 1. The number of alkyl halides is 2. The summed E-state index contributed by atoms with van der Waals surface area (Å²) >= 11 is 1.14. The van der Waals surface area contributed by atoms with Crippen LogP contribution in [-0.4, -0.2) is 41.3 Å². The number of amides is 2. The normalized spacial score (nSPS) is 10.9. The number of thioether (sulfide) groups is 1. The molecule has 0 unspecified atom stereocenters. The summed E-state index contributed by atoms with van der Waals surface area (Å²) in [6.07, 6.45) is 0. The van der Waals surface area contributed by atoms with E-state index in [2.05, 4.69) is 20.0 Å². The molecule has 2 N–H and O–H groups in total. The van der Waals surface area contributed by atoms with Gasteiger partial charge in [-0.15, -0.1) is 0 Å². The summed E-state index contributed by atoms with van der Waals surface area (Å²) in [4.78, 5) is 31.4. The maximum absolute atomic E-state index is 12.1. The monoisotopic (exact) mass is 407 g/mol. The molecular weight excluding hydrogens is 392 g/mol. The Labute approximate surface area is 162 Å². The summed E-state index contributed by atoms with van der Waals surface area (Å²) in [5.74, 6) is -0.574. The molecule has 1 aromatic heterocycles. The first-order chi connectivity index (χ1) is 13.4. The van der Waals surface area contributed by atoms with Crippen LogP contribution in [0.15, 0.2) is 47.6 Å². The van der Waals surface area contributed by atoms with Crippen LogP contribution in [0.3, 0.4) is 0 Å². The van der Waals surface area contributed by atoms with Crippen LogP contribution in [0, 0.1) is 0 Å². The summed E-state index contributed by atoms with van der Waals surface area (Å²) in [5, 5.41) is 2.76. The fourth-order valence-corrected chi connectivity index (χ4v) is 3.00. The Bertz CT molecular complexity index is 992. The molecule has 3 rings (SSSR count). The van der Waals surface area contributed by atoms with E-state index in [-0.39, 0.29) is 17.1 Å². The minimum absolute atomic E-state index is 0.0325. The van der Waals surface area contributed by atoms with Gasteiger partial charge < -0.3 is 14.5 Å². The van der Waals surface area contributed by atoms with Gasteiger partial charge in [0.1, 0.15) is 11.5 Å². The highest BCUT2D eigenvalue weighted by Gasteiger charge is 2.13. The highest BCUT2D eigenvalue weighted by Crippen LogP contribution is 2.23. The topological polar surface area (TPSA) is 93.3 Å². The van der Waals surface area contributed by atoms with Crippen LogP contribution in [0.1, 0.15) is 10.4 Å². The molecule has 0 atom stereocenters. The molecule has 0 spiro atoms. The van der Waals surface area contributed by atoms with Crippen LogP contribution in [0.4, 0.5) is 8.78 Å². The number of imide groups is 1. The average Bonchev–Trinajstić information content (AvgIpc) is 3.08. The fourth-order valence-electron chi connectivity index (χ4n) is 2.32. The molecule has 2 amide bonds. The number of hydrogen-bond donors (Lipinski definition) is 2. The lowest BCUT2D eigenvalue weighted by Gasteiger charge is -2.06. The molecule has 0 bridgehead atoms. The average molecular weight is 407 g/mol. The first-order valence-electron chi connectivity index (χ1n) is 8.00. The van der Waals surface area contributed by atoms with E-state index in [1.54, 1.807) is 25.3 Å². The Kier molecular flexibility index (Phi) is 6.09. The van der Waals surface area contributed by atoms with Gasteiger partial charge in [0.25, 0.3) is 5.91 Å². The lowest BCUT2D eigenvalue weighted by molar-refractivity contribution is -0.117. The van der Waals surface area contributed by atoms with Crippen molar-refractivity contribution in [1.82, 2.24) is 15.3 Å². The van der Waals surface area contributed by atoms with Crippen LogP contribution in [0.5, 0.6) is 11.5 Å². The molecule has 2 aromatic carbocycles. The van der Waals surface area contributed by atoms with Crippen molar-refractivity contribution in [2.75, 3.05) is 12.9 Å². The summed E-state index contributed by atoms with van der Waals surface area (Å²) in [5.41, 5.74) is 1.64. The van der Waals surface area contributed by atoms with Gasteiger partial charge in [0.2, 0.25) is 5.91 Å². The number of nitrogens with one attached hydrogen (secondary N) is 2. The molecule has 146 valence electrons. The molecule has 28 heavy (non-hydrogen) atoms. The van der Waals surface area contributed by atoms with Crippen molar-refractivity contribution < 1.29 is 27.8 Å². The molecule has 0 fully saturated rings. The maximum Gasteiger partial charge on any atom is 0.387 e.